The van der Waals surface area contributed by atoms with Gasteiger partial charge in [0.05, 0.1) is 11.0 Å². The number of nitrogens with zero attached hydrogens (tertiary/aromatic N) is 1. The standard InChI is InChI=1S/C48H29NO/c1-2-14-36(15-3-1)49-47-37-16-6-4-10-31(37)24-26-40(47)46-41(29-35-11-5-7-17-38(35)48(46)49)32-22-20-30(21-23-32)34-25-27-43-42(28-34)39-18-8-12-33-13-9-19-44(50-43)45(33)39/h1-29H. The van der Waals surface area contributed by atoms with Gasteiger partial charge in [-0.3, -0.25) is 0 Å². The molecule has 0 amide bonds. The van der Waals surface area contributed by atoms with Gasteiger partial charge in [-0.15, -0.1) is 0 Å². The molecule has 0 atom stereocenters. The third-order valence-electron chi connectivity index (χ3n) is 10.5. The van der Waals surface area contributed by atoms with Gasteiger partial charge in [0, 0.05) is 38.2 Å². The molecule has 11 rings (SSSR count). The van der Waals surface area contributed by atoms with Crippen LogP contribution in [0.3, 0.4) is 0 Å². The van der Waals surface area contributed by atoms with Crippen LogP contribution in [0.1, 0.15) is 0 Å². The van der Waals surface area contributed by atoms with Crippen molar-refractivity contribution < 1.29 is 4.74 Å². The van der Waals surface area contributed by atoms with Crippen molar-refractivity contribution in [2.45, 2.75) is 0 Å². The van der Waals surface area contributed by atoms with Crippen LogP contribution >= 0.6 is 0 Å². The smallest absolute Gasteiger partial charge is 0.135 e. The van der Waals surface area contributed by atoms with Crippen molar-refractivity contribution in [2.24, 2.45) is 0 Å². The van der Waals surface area contributed by atoms with Crippen molar-refractivity contribution >= 4 is 54.1 Å². The zero-order valence-corrected chi connectivity index (χ0v) is 27.1. The number of para-hydroxylation sites is 1. The van der Waals surface area contributed by atoms with Crippen LogP contribution in [0.15, 0.2) is 176 Å². The van der Waals surface area contributed by atoms with Crippen molar-refractivity contribution in [1.82, 2.24) is 4.57 Å². The Labute approximate surface area is 289 Å². The molecule has 50 heavy (non-hydrogen) atoms. The fourth-order valence-corrected chi connectivity index (χ4v) is 8.29. The van der Waals surface area contributed by atoms with Gasteiger partial charge in [0.2, 0.25) is 0 Å². The fourth-order valence-electron chi connectivity index (χ4n) is 8.29. The van der Waals surface area contributed by atoms with E-state index in [1.807, 2.05) is 0 Å². The summed E-state index contributed by atoms with van der Waals surface area (Å²) in [5, 5.41) is 9.89. The highest BCUT2D eigenvalue weighted by atomic mass is 16.5. The lowest BCUT2D eigenvalue weighted by molar-refractivity contribution is 0.487. The highest BCUT2D eigenvalue weighted by molar-refractivity contribution is 6.28. The van der Waals surface area contributed by atoms with Crippen molar-refractivity contribution in [1.29, 1.82) is 0 Å². The number of rotatable bonds is 3. The van der Waals surface area contributed by atoms with Gasteiger partial charge in [-0.05, 0) is 80.4 Å². The van der Waals surface area contributed by atoms with Gasteiger partial charge < -0.3 is 9.30 Å². The Bertz CT molecular complexity index is 2980. The zero-order valence-electron chi connectivity index (χ0n) is 27.1. The molecule has 0 saturated carbocycles. The van der Waals surface area contributed by atoms with E-state index in [0.717, 1.165) is 22.7 Å². The Balaban J connectivity index is 1.13. The van der Waals surface area contributed by atoms with Crippen LogP contribution in [0, 0.1) is 0 Å². The Morgan fingerprint density at radius 3 is 1.86 bits per heavy atom. The molecule has 2 heteroatoms. The predicted molar refractivity (Wildman–Crippen MR) is 210 cm³/mol. The van der Waals surface area contributed by atoms with Crippen LogP contribution in [0.25, 0.3) is 93.2 Å². The molecule has 0 unspecified atom stereocenters. The maximum Gasteiger partial charge on any atom is 0.135 e. The molecule has 1 aromatic heterocycles. The van der Waals surface area contributed by atoms with Crippen LogP contribution in [0.5, 0.6) is 11.5 Å². The van der Waals surface area contributed by atoms with E-state index in [1.165, 1.54) is 81.9 Å². The maximum atomic E-state index is 6.39. The molecule has 1 aliphatic heterocycles. The summed E-state index contributed by atoms with van der Waals surface area (Å²) in [5.41, 5.74) is 10.8. The van der Waals surface area contributed by atoms with Crippen LogP contribution < -0.4 is 4.74 Å². The minimum atomic E-state index is 0.900. The molecule has 2 heterocycles. The molecule has 9 aromatic carbocycles. The van der Waals surface area contributed by atoms with E-state index in [4.69, 9.17) is 4.74 Å². The van der Waals surface area contributed by atoms with Gasteiger partial charge >= 0.3 is 0 Å². The van der Waals surface area contributed by atoms with Crippen molar-refractivity contribution in [3.05, 3.63) is 176 Å². The number of hydrogen-bond acceptors (Lipinski definition) is 1. The Morgan fingerprint density at radius 2 is 1.02 bits per heavy atom. The molecule has 0 spiro atoms. The number of fused-ring (bicyclic) bond motifs is 9. The lowest BCUT2D eigenvalue weighted by Crippen LogP contribution is -1.97. The zero-order chi connectivity index (χ0) is 32.8. The fraction of sp³-hybridized carbons (Fsp3) is 0. The summed E-state index contributed by atoms with van der Waals surface area (Å²) in [5.74, 6) is 1.82. The second-order valence-electron chi connectivity index (χ2n) is 13.3. The average molecular weight is 636 g/mol. The van der Waals surface area contributed by atoms with Gasteiger partial charge in [0.1, 0.15) is 11.5 Å². The molecule has 0 bridgehead atoms. The lowest BCUT2D eigenvalue weighted by Gasteiger charge is -2.22. The summed E-state index contributed by atoms with van der Waals surface area (Å²) < 4.78 is 8.87. The van der Waals surface area contributed by atoms with E-state index in [2.05, 4.69) is 180 Å². The topological polar surface area (TPSA) is 14.2 Å². The second kappa shape index (κ2) is 10.4. The highest BCUT2D eigenvalue weighted by Crippen LogP contribution is 2.48. The van der Waals surface area contributed by atoms with Gasteiger partial charge in [-0.25, -0.2) is 0 Å². The normalized spacial score (nSPS) is 12.2. The molecule has 0 N–H and O–H groups in total. The second-order valence-corrected chi connectivity index (χ2v) is 13.3. The van der Waals surface area contributed by atoms with E-state index < -0.39 is 0 Å². The first kappa shape index (κ1) is 27.3. The first-order valence-corrected chi connectivity index (χ1v) is 17.2. The third-order valence-corrected chi connectivity index (χ3v) is 10.5. The number of benzene rings is 9. The summed E-state index contributed by atoms with van der Waals surface area (Å²) in [7, 11) is 0. The summed E-state index contributed by atoms with van der Waals surface area (Å²) >= 11 is 0. The molecular formula is C48H29NO. The monoisotopic (exact) mass is 635 g/mol. The molecular weight excluding hydrogens is 607 g/mol. The van der Waals surface area contributed by atoms with Crippen LogP contribution in [-0.4, -0.2) is 4.57 Å². The van der Waals surface area contributed by atoms with Gasteiger partial charge in [0.15, 0.2) is 0 Å². The van der Waals surface area contributed by atoms with E-state index in [-0.39, 0.29) is 0 Å². The van der Waals surface area contributed by atoms with Gasteiger partial charge in [-0.2, -0.15) is 0 Å². The first-order valence-electron chi connectivity index (χ1n) is 17.2. The van der Waals surface area contributed by atoms with Crippen molar-refractivity contribution in [3.8, 4) is 50.6 Å². The molecule has 0 aliphatic carbocycles. The summed E-state index contributed by atoms with van der Waals surface area (Å²) in [4.78, 5) is 0. The summed E-state index contributed by atoms with van der Waals surface area (Å²) in [6.45, 7) is 0. The minimum Gasteiger partial charge on any atom is -0.456 e. The van der Waals surface area contributed by atoms with Crippen LogP contribution in [0.4, 0.5) is 0 Å². The quantitative estimate of drug-likeness (QED) is 0.188. The van der Waals surface area contributed by atoms with E-state index in [1.54, 1.807) is 0 Å². The summed E-state index contributed by atoms with van der Waals surface area (Å²) in [6, 6.07) is 63.8. The third kappa shape index (κ3) is 3.90. The van der Waals surface area contributed by atoms with Crippen molar-refractivity contribution in [2.75, 3.05) is 0 Å². The van der Waals surface area contributed by atoms with E-state index in [9.17, 15) is 0 Å². The Kier molecular flexibility index (Phi) is 5.70. The first-order chi connectivity index (χ1) is 24.8. The molecule has 1 aliphatic rings. The molecule has 232 valence electrons. The predicted octanol–water partition coefficient (Wildman–Crippen LogP) is 13.3. The average Bonchev–Trinajstić information content (AvgIpc) is 3.54. The molecule has 0 saturated heterocycles. The number of ether oxygens (including phenoxy) is 1. The summed E-state index contributed by atoms with van der Waals surface area (Å²) in [6.07, 6.45) is 0. The minimum absolute atomic E-state index is 0.900. The molecule has 10 aromatic rings. The lowest BCUT2D eigenvalue weighted by atomic mass is 9.91. The van der Waals surface area contributed by atoms with Crippen molar-refractivity contribution in [3.63, 3.8) is 0 Å². The molecule has 0 fully saturated rings. The maximum absolute atomic E-state index is 6.39. The van der Waals surface area contributed by atoms with E-state index in [0.29, 0.717) is 0 Å². The molecule has 0 radical (unpaired) electrons. The van der Waals surface area contributed by atoms with Crippen LogP contribution in [-0.2, 0) is 0 Å². The van der Waals surface area contributed by atoms with Gasteiger partial charge in [-0.1, -0.05) is 140 Å². The number of hydrogen-bond donors (Lipinski definition) is 0. The van der Waals surface area contributed by atoms with Crippen LogP contribution in [0.2, 0.25) is 0 Å². The largest absolute Gasteiger partial charge is 0.456 e. The Hall–Kier alpha value is -6.64. The number of aromatic nitrogens is 1. The van der Waals surface area contributed by atoms with Gasteiger partial charge in [0.25, 0.3) is 0 Å². The SMILES string of the molecule is c1ccc(-n2c3c4ccccc4ccc3c3c(-c4ccc(-c5ccc6c(c5)-c5cccc7cccc(c57)O6)cc4)cc4ccccc4c32)cc1. The van der Waals surface area contributed by atoms with E-state index >= 15 is 0 Å². The molecule has 2 nitrogen and oxygen atoms in total. The highest BCUT2D eigenvalue weighted by Gasteiger charge is 2.22. The Morgan fingerprint density at radius 1 is 0.340 bits per heavy atom.